The second-order valence-corrected chi connectivity index (χ2v) is 5.54. The van der Waals surface area contributed by atoms with Crippen LogP contribution >= 0.6 is 0 Å². The van der Waals surface area contributed by atoms with Gasteiger partial charge in [0.05, 0.1) is 12.7 Å². The molecule has 1 aromatic carbocycles. The molecule has 1 heterocycles. The van der Waals surface area contributed by atoms with E-state index < -0.39 is 12.1 Å². The Morgan fingerprint density at radius 2 is 2.04 bits per heavy atom. The maximum atomic E-state index is 12.0. The van der Waals surface area contributed by atoms with Crippen molar-refractivity contribution in [1.29, 1.82) is 0 Å². The number of fused-ring (bicyclic) bond motifs is 1. The van der Waals surface area contributed by atoms with Gasteiger partial charge >= 0.3 is 5.97 Å². The van der Waals surface area contributed by atoms with Crippen LogP contribution in [-0.4, -0.2) is 24.5 Å². The van der Waals surface area contributed by atoms with E-state index in [9.17, 15) is 9.59 Å². The standard InChI is InChI=1S/C18H21NO4/c1-5-6-19-18(21)13(4)23-17(20)9-14-10-22-16-8-12(3)11(2)7-15(14)16/h5,7-8,10,13H,1,6,9H2,2-4H3,(H,19,21)/t13-/m0/s1. The molecule has 0 spiro atoms. The Kier molecular flexibility index (Phi) is 5.21. The zero-order valence-electron chi connectivity index (χ0n) is 13.6. The zero-order chi connectivity index (χ0) is 17.0. The van der Waals surface area contributed by atoms with Gasteiger partial charge in [-0.2, -0.15) is 0 Å². The van der Waals surface area contributed by atoms with Gasteiger partial charge in [0, 0.05) is 17.5 Å². The predicted octanol–water partition coefficient (Wildman–Crippen LogP) is 2.83. The molecule has 1 N–H and O–H groups in total. The van der Waals surface area contributed by atoms with Crippen molar-refractivity contribution in [3.05, 3.63) is 47.7 Å². The van der Waals surface area contributed by atoms with E-state index in [-0.39, 0.29) is 12.3 Å². The van der Waals surface area contributed by atoms with Crippen LogP contribution in [0.4, 0.5) is 0 Å². The highest BCUT2D eigenvalue weighted by Gasteiger charge is 2.19. The molecule has 0 fully saturated rings. The quantitative estimate of drug-likeness (QED) is 0.657. The molecule has 0 saturated carbocycles. The number of ether oxygens (including phenoxy) is 1. The average Bonchev–Trinajstić information content (AvgIpc) is 2.87. The molecule has 0 radical (unpaired) electrons. The molecule has 0 aliphatic rings. The Labute approximate surface area is 135 Å². The minimum absolute atomic E-state index is 0.0641. The number of hydrogen-bond donors (Lipinski definition) is 1. The fourth-order valence-corrected chi connectivity index (χ4v) is 2.24. The van der Waals surface area contributed by atoms with E-state index in [2.05, 4.69) is 11.9 Å². The second-order valence-electron chi connectivity index (χ2n) is 5.54. The van der Waals surface area contributed by atoms with Gasteiger partial charge in [-0.05, 0) is 44.0 Å². The van der Waals surface area contributed by atoms with Crippen molar-refractivity contribution in [1.82, 2.24) is 5.32 Å². The smallest absolute Gasteiger partial charge is 0.311 e. The van der Waals surface area contributed by atoms with E-state index in [1.165, 1.54) is 6.92 Å². The summed E-state index contributed by atoms with van der Waals surface area (Å²) >= 11 is 0. The maximum Gasteiger partial charge on any atom is 0.311 e. The van der Waals surface area contributed by atoms with Gasteiger partial charge in [-0.15, -0.1) is 6.58 Å². The molecule has 0 saturated heterocycles. The molecule has 122 valence electrons. The number of amides is 1. The molecule has 23 heavy (non-hydrogen) atoms. The summed E-state index contributed by atoms with van der Waals surface area (Å²) in [5, 5.41) is 3.48. The van der Waals surface area contributed by atoms with Crippen LogP contribution < -0.4 is 5.32 Å². The number of furan rings is 1. The normalized spacial score (nSPS) is 12.0. The predicted molar refractivity (Wildman–Crippen MR) is 88.2 cm³/mol. The molecule has 0 unspecified atom stereocenters. The molecule has 0 aliphatic carbocycles. The fourth-order valence-electron chi connectivity index (χ4n) is 2.24. The van der Waals surface area contributed by atoms with E-state index in [0.29, 0.717) is 6.54 Å². The van der Waals surface area contributed by atoms with Gasteiger partial charge in [0.1, 0.15) is 5.58 Å². The Balaban J connectivity index is 2.04. The molecule has 5 heteroatoms. The summed E-state index contributed by atoms with van der Waals surface area (Å²) in [7, 11) is 0. The van der Waals surface area contributed by atoms with Crippen molar-refractivity contribution in [2.75, 3.05) is 6.54 Å². The fraction of sp³-hybridized carbons (Fsp3) is 0.333. The summed E-state index contributed by atoms with van der Waals surface area (Å²) in [5.74, 6) is -0.811. The Bertz CT molecular complexity index is 745. The lowest BCUT2D eigenvalue weighted by Gasteiger charge is -2.12. The van der Waals surface area contributed by atoms with E-state index >= 15 is 0 Å². The van der Waals surface area contributed by atoms with Gasteiger partial charge < -0.3 is 14.5 Å². The lowest BCUT2D eigenvalue weighted by atomic mass is 10.0. The number of hydrogen-bond acceptors (Lipinski definition) is 4. The molecular formula is C18H21NO4. The van der Waals surface area contributed by atoms with Crippen LogP contribution in [-0.2, 0) is 20.7 Å². The first-order chi connectivity index (χ1) is 10.9. The van der Waals surface area contributed by atoms with Gasteiger partial charge in [0.15, 0.2) is 6.10 Å². The van der Waals surface area contributed by atoms with E-state index in [4.69, 9.17) is 9.15 Å². The van der Waals surface area contributed by atoms with Crippen molar-refractivity contribution < 1.29 is 18.7 Å². The Morgan fingerprint density at radius 1 is 1.35 bits per heavy atom. The van der Waals surface area contributed by atoms with Crippen molar-refractivity contribution in [3.8, 4) is 0 Å². The van der Waals surface area contributed by atoms with Crippen LogP contribution in [0.15, 0.2) is 35.5 Å². The number of aryl methyl sites for hydroxylation is 2. The SMILES string of the molecule is C=CCNC(=O)[C@H](C)OC(=O)Cc1coc2cc(C)c(C)cc12. The summed E-state index contributed by atoms with van der Waals surface area (Å²) in [6, 6.07) is 3.95. The van der Waals surface area contributed by atoms with Crippen LogP contribution in [0.2, 0.25) is 0 Å². The highest BCUT2D eigenvalue weighted by atomic mass is 16.5. The van der Waals surface area contributed by atoms with Crippen LogP contribution in [0.25, 0.3) is 11.0 Å². The lowest BCUT2D eigenvalue weighted by molar-refractivity contribution is -0.154. The zero-order valence-corrected chi connectivity index (χ0v) is 13.6. The van der Waals surface area contributed by atoms with Gasteiger partial charge in [0.2, 0.25) is 0 Å². The molecule has 0 aliphatic heterocycles. The molecule has 1 amide bonds. The number of esters is 1. The second kappa shape index (κ2) is 7.13. The van der Waals surface area contributed by atoms with Crippen LogP contribution in [0.3, 0.4) is 0 Å². The third kappa shape index (κ3) is 4.00. The summed E-state index contributed by atoms with van der Waals surface area (Å²) in [4.78, 5) is 23.7. The monoisotopic (exact) mass is 315 g/mol. The average molecular weight is 315 g/mol. The highest BCUT2D eigenvalue weighted by molar-refractivity contribution is 5.88. The van der Waals surface area contributed by atoms with Crippen molar-refractivity contribution in [2.45, 2.75) is 33.3 Å². The molecule has 2 rings (SSSR count). The van der Waals surface area contributed by atoms with Crippen molar-refractivity contribution >= 4 is 22.8 Å². The molecule has 1 aromatic heterocycles. The lowest BCUT2D eigenvalue weighted by Crippen LogP contribution is -2.36. The maximum absolute atomic E-state index is 12.0. The van der Waals surface area contributed by atoms with Gasteiger partial charge in [-0.3, -0.25) is 9.59 Å². The first kappa shape index (κ1) is 16.8. The van der Waals surface area contributed by atoms with Crippen LogP contribution in [0.5, 0.6) is 0 Å². The van der Waals surface area contributed by atoms with Gasteiger partial charge in [0.25, 0.3) is 5.91 Å². The van der Waals surface area contributed by atoms with Gasteiger partial charge in [-0.1, -0.05) is 6.08 Å². The first-order valence-electron chi connectivity index (χ1n) is 7.47. The number of rotatable bonds is 6. The van der Waals surface area contributed by atoms with Crippen LogP contribution in [0, 0.1) is 13.8 Å². The highest BCUT2D eigenvalue weighted by Crippen LogP contribution is 2.25. The summed E-state index contributed by atoms with van der Waals surface area (Å²) in [6.07, 6.45) is 2.35. The molecule has 2 aromatic rings. The number of carbonyl (C=O) groups is 2. The largest absolute Gasteiger partial charge is 0.464 e. The van der Waals surface area contributed by atoms with E-state index in [0.717, 1.165) is 27.7 Å². The number of benzene rings is 1. The third-order valence-corrected chi connectivity index (χ3v) is 3.70. The Morgan fingerprint density at radius 3 is 2.74 bits per heavy atom. The molecule has 1 atom stereocenters. The molecule has 0 bridgehead atoms. The minimum Gasteiger partial charge on any atom is -0.464 e. The minimum atomic E-state index is -0.843. The van der Waals surface area contributed by atoms with E-state index in [1.807, 2.05) is 26.0 Å². The number of nitrogens with one attached hydrogen (secondary N) is 1. The van der Waals surface area contributed by atoms with Crippen molar-refractivity contribution in [2.24, 2.45) is 0 Å². The van der Waals surface area contributed by atoms with E-state index in [1.54, 1.807) is 12.3 Å². The summed E-state index contributed by atoms with van der Waals surface area (Å²) in [6.45, 7) is 9.41. The van der Waals surface area contributed by atoms with Gasteiger partial charge in [-0.25, -0.2) is 0 Å². The molecular weight excluding hydrogens is 294 g/mol. The van der Waals surface area contributed by atoms with Crippen molar-refractivity contribution in [3.63, 3.8) is 0 Å². The summed E-state index contributed by atoms with van der Waals surface area (Å²) < 4.78 is 10.7. The third-order valence-electron chi connectivity index (χ3n) is 3.70. The molecule has 5 nitrogen and oxygen atoms in total. The summed E-state index contributed by atoms with van der Waals surface area (Å²) in [5.41, 5.74) is 3.76. The number of carbonyl (C=O) groups excluding carboxylic acids is 2. The van der Waals surface area contributed by atoms with Crippen LogP contribution in [0.1, 0.15) is 23.6 Å². The first-order valence-corrected chi connectivity index (χ1v) is 7.47. The topological polar surface area (TPSA) is 68.5 Å². The Hall–Kier alpha value is -2.56.